The van der Waals surface area contributed by atoms with Gasteiger partial charge in [-0.2, -0.15) is 0 Å². The molecule has 1 aromatic heterocycles. The molecule has 0 aromatic carbocycles. The maximum atomic E-state index is 11.7. The molecule has 15 heavy (non-hydrogen) atoms. The van der Waals surface area contributed by atoms with E-state index in [-0.39, 0.29) is 33.9 Å². The molecule has 2 heterocycles. The van der Waals surface area contributed by atoms with E-state index in [9.17, 15) is 13.2 Å². The van der Waals surface area contributed by atoms with Gasteiger partial charge < -0.3 is 5.32 Å². The van der Waals surface area contributed by atoms with Crippen molar-refractivity contribution in [2.75, 3.05) is 11.1 Å². The molecule has 1 aliphatic heterocycles. The highest BCUT2D eigenvalue weighted by molar-refractivity contribution is 7.91. The van der Waals surface area contributed by atoms with E-state index in [2.05, 4.69) is 10.3 Å². The highest BCUT2D eigenvalue weighted by atomic mass is 35.5. The number of aromatic nitrogens is 1. The highest BCUT2D eigenvalue weighted by Gasteiger charge is 2.26. The van der Waals surface area contributed by atoms with Crippen LogP contribution >= 0.6 is 11.6 Å². The number of nitrogens with zero attached hydrogens (tertiary/aromatic N) is 1. The summed E-state index contributed by atoms with van der Waals surface area (Å²) in [5.41, 5.74) is 0.196. The van der Waals surface area contributed by atoms with Gasteiger partial charge in [0, 0.05) is 6.42 Å². The smallest absolute Gasteiger partial charge is 0.225 e. The molecule has 0 unspecified atom stereocenters. The minimum Gasteiger partial charge on any atom is -0.324 e. The molecule has 1 amide bonds. The predicted molar refractivity (Wildman–Crippen MR) is 54.5 cm³/mol. The Balaban J connectivity index is 2.66. The molecular weight excluding hydrogens is 240 g/mol. The van der Waals surface area contributed by atoms with E-state index in [4.69, 9.17) is 11.6 Å². The number of sulfone groups is 1. The molecule has 0 saturated carbocycles. The Morgan fingerprint density at radius 3 is 2.87 bits per heavy atom. The van der Waals surface area contributed by atoms with Crippen LogP contribution < -0.4 is 5.32 Å². The van der Waals surface area contributed by atoms with Crippen LogP contribution in [0.1, 0.15) is 6.42 Å². The van der Waals surface area contributed by atoms with Gasteiger partial charge in [0.2, 0.25) is 5.91 Å². The SMILES string of the molecule is O=C1CCS(=O)(=O)c2nc(Cl)ccc2N1. The lowest BCUT2D eigenvalue weighted by Gasteiger charge is -2.04. The summed E-state index contributed by atoms with van der Waals surface area (Å²) in [5, 5.41) is 2.41. The third kappa shape index (κ3) is 1.95. The maximum absolute atomic E-state index is 11.7. The fraction of sp³-hybridized carbons (Fsp3) is 0.250. The van der Waals surface area contributed by atoms with Crippen LogP contribution in [0, 0.1) is 0 Å². The molecule has 0 atom stereocenters. The first-order valence-corrected chi connectivity index (χ1v) is 6.21. The molecule has 1 aromatic rings. The van der Waals surface area contributed by atoms with Gasteiger partial charge >= 0.3 is 0 Å². The zero-order valence-electron chi connectivity index (χ0n) is 7.53. The van der Waals surface area contributed by atoms with Crippen LogP contribution in [0.2, 0.25) is 5.15 Å². The maximum Gasteiger partial charge on any atom is 0.225 e. The Labute approximate surface area is 91.4 Å². The lowest BCUT2D eigenvalue weighted by Crippen LogP contribution is -2.10. The summed E-state index contributed by atoms with van der Waals surface area (Å²) < 4.78 is 23.4. The lowest BCUT2D eigenvalue weighted by atomic mass is 10.4. The number of rotatable bonds is 0. The standard InChI is InChI=1S/C8H7ClN2O3S/c9-6-2-1-5-8(11-6)15(13,14)4-3-7(12)10-5/h1-2H,3-4H2,(H,10,12). The minimum absolute atomic E-state index is 0.0592. The molecule has 0 aliphatic carbocycles. The Bertz CT molecular complexity index is 527. The quantitative estimate of drug-likeness (QED) is 0.689. The van der Waals surface area contributed by atoms with E-state index in [0.717, 1.165) is 0 Å². The summed E-state index contributed by atoms with van der Waals surface area (Å²) in [4.78, 5) is 14.9. The van der Waals surface area contributed by atoms with Crippen molar-refractivity contribution < 1.29 is 13.2 Å². The molecule has 0 spiro atoms. The first-order valence-electron chi connectivity index (χ1n) is 4.18. The van der Waals surface area contributed by atoms with E-state index >= 15 is 0 Å². The zero-order valence-corrected chi connectivity index (χ0v) is 9.10. The fourth-order valence-corrected chi connectivity index (χ4v) is 2.82. The molecule has 1 N–H and O–H groups in total. The second kappa shape index (κ2) is 3.46. The van der Waals surface area contributed by atoms with Gasteiger partial charge in [0.25, 0.3) is 0 Å². The largest absolute Gasteiger partial charge is 0.324 e. The first kappa shape index (κ1) is 10.4. The topological polar surface area (TPSA) is 76.1 Å². The van der Waals surface area contributed by atoms with Crippen molar-refractivity contribution in [2.45, 2.75) is 11.4 Å². The number of hydrogen-bond acceptors (Lipinski definition) is 4. The Morgan fingerprint density at radius 2 is 2.13 bits per heavy atom. The van der Waals surface area contributed by atoms with Crippen LogP contribution in [0.5, 0.6) is 0 Å². The molecule has 2 rings (SSSR count). The monoisotopic (exact) mass is 246 g/mol. The average Bonchev–Trinajstić information content (AvgIpc) is 2.27. The van der Waals surface area contributed by atoms with Crippen LogP contribution in [0.15, 0.2) is 17.2 Å². The van der Waals surface area contributed by atoms with E-state index in [0.29, 0.717) is 0 Å². The molecule has 1 aliphatic rings. The van der Waals surface area contributed by atoms with Crippen LogP contribution in [0.3, 0.4) is 0 Å². The third-order valence-electron chi connectivity index (χ3n) is 1.99. The van der Waals surface area contributed by atoms with Gasteiger partial charge in [-0.25, -0.2) is 13.4 Å². The minimum atomic E-state index is -3.51. The van der Waals surface area contributed by atoms with Crippen molar-refractivity contribution in [3.63, 3.8) is 0 Å². The molecule has 0 bridgehead atoms. The van der Waals surface area contributed by atoms with Crippen LogP contribution in [-0.4, -0.2) is 25.1 Å². The number of hydrogen-bond donors (Lipinski definition) is 1. The number of pyridine rings is 1. The van der Waals surface area contributed by atoms with E-state index in [1.807, 2.05) is 0 Å². The zero-order chi connectivity index (χ0) is 11.1. The van der Waals surface area contributed by atoms with E-state index in [1.165, 1.54) is 12.1 Å². The second-order valence-corrected chi connectivity index (χ2v) is 5.52. The number of halogens is 1. The van der Waals surface area contributed by atoms with Crippen molar-refractivity contribution in [1.29, 1.82) is 0 Å². The van der Waals surface area contributed by atoms with Gasteiger partial charge in [-0.15, -0.1) is 0 Å². The summed E-state index contributed by atoms with van der Waals surface area (Å²) in [6, 6.07) is 2.87. The summed E-state index contributed by atoms with van der Waals surface area (Å²) >= 11 is 5.61. The van der Waals surface area contributed by atoms with Crippen LogP contribution in [-0.2, 0) is 14.6 Å². The van der Waals surface area contributed by atoms with Gasteiger partial charge in [-0.05, 0) is 12.1 Å². The van der Waals surface area contributed by atoms with Crippen molar-refractivity contribution in [1.82, 2.24) is 4.98 Å². The van der Waals surface area contributed by atoms with E-state index < -0.39 is 9.84 Å². The van der Waals surface area contributed by atoms with Gasteiger partial charge in [0.15, 0.2) is 14.9 Å². The number of amides is 1. The van der Waals surface area contributed by atoms with Crippen molar-refractivity contribution in [3.8, 4) is 0 Å². The number of anilines is 1. The van der Waals surface area contributed by atoms with Gasteiger partial charge in [-0.1, -0.05) is 11.6 Å². The number of carbonyl (C=O) groups excluding carboxylic acids is 1. The van der Waals surface area contributed by atoms with Crippen LogP contribution in [0.4, 0.5) is 5.69 Å². The van der Waals surface area contributed by atoms with Crippen molar-refractivity contribution in [2.24, 2.45) is 0 Å². The average molecular weight is 247 g/mol. The number of nitrogens with one attached hydrogen (secondary N) is 1. The summed E-state index contributed by atoms with van der Waals surface area (Å²) in [6.07, 6.45) is -0.0592. The summed E-state index contributed by atoms with van der Waals surface area (Å²) in [6.45, 7) is 0. The second-order valence-electron chi connectivity index (χ2n) is 3.10. The molecular formula is C8H7ClN2O3S. The van der Waals surface area contributed by atoms with Crippen molar-refractivity contribution in [3.05, 3.63) is 17.3 Å². The fourth-order valence-electron chi connectivity index (χ4n) is 1.29. The van der Waals surface area contributed by atoms with E-state index in [1.54, 1.807) is 0 Å². The Hall–Kier alpha value is -1.14. The highest BCUT2D eigenvalue weighted by Crippen LogP contribution is 2.25. The van der Waals surface area contributed by atoms with Crippen molar-refractivity contribution >= 4 is 33.0 Å². The molecule has 0 saturated heterocycles. The predicted octanol–water partition coefficient (Wildman–Crippen LogP) is 0.851. The summed E-state index contributed by atoms with van der Waals surface area (Å²) in [5.74, 6) is -0.569. The normalized spacial score (nSPS) is 18.9. The summed E-state index contributed by atoms with van der Waals surface area (Å²) in [7, 11) is -3.51. The van der Waals surface area contributed by atoms with Gasteiger partial charge in [-0.3, -0.25) is 4.79 Å². The lowest BCUT2D eigenvalue weighted by molar-refractivity contribution is -0.115. The molecule has 5 nitrogen and oxygen atoms in total. The van der Waals surface area contributed by atoms with Gasteiger partial charge in [0.1, 0.15) is 5.15 Å². The van der Waals surface area contributed by atoms with Gasteiger partial charge in [0.05, 0.1) is 11.4 Å². The molecule has 0 radical (unpaired) electrons. The molecule has 7 heteroatoms. The molecule has 80 valence electrons. The first-order chi connectivity index (χ1) is 6.99. The van der Waals surface area contributed by atoms with Crippen LogP contribution in [0.25, 0.3) is 0 Å². The Kier molecular flexibility index (Phi) is 2.40. The number of fused-ring (bicyclic) bond motifs is 1. The Morgan fingerprint density at radius 1 is 1.40 bits per heavy atom. The number of carbonyl (C=O) groups is 1. The molecule has 0 fully saturated rings. The third-order valence-corrected chi connectivity index (χ3v) is 3.85.